The molecular formula is C58H94N18O26. The van der Waals surface area contributed by atoms with Gasteiger partial charge < -0.3 is 123 Å². The van der Waals surface area contributed by atoms with Gasteiger partial charge in [0.1, 0.15) is 60.4 Å². The highest BCUT2D eigenvalue weighted by Crippen LogP contribution is 2.13. The highest BCUT2D eigenvalue weighted by Gasteiger charge is 2.37. The van der Waals surface area contributed by atoms with Gasteiger partial charge in [0.05, 0.1) is 25.6 Å². The van der Waals surface area contributed by atoms with Crippen LogP contribution in [0.1, 0.15) is 137 Å². The molecule has 0 heterocycles. The standard InChI is InChI=1S/C58H94N18O26/c1-25(2)21-35(76-56(100)46(61)26(3)4)55(99)73-31(11-17-43(85)86)51(95)72-33(13-19-45(89)90)53(97)75-36(22-38(60)78)54(98)67-27(5)47(91)66-23-39(79)65-24-40(80)68-28(9-15-41(81)82)48(92)69-29(8-14-37(59)77)49(93)70-30(10-16-42(83)84)50(94)71-32(12-18-44(87)88)52(96)74-34(57(101)102)7-6-20-64-58(62)63/h25-36,46H,6-24,61H2,1-5H3,(H2,59,77)(H2,60,78)(H,65,79)(H,66,91)(H,67,98)(H,68,80)(H,69,92)(H,70,93)(H,71,94)(H,72,95)(H,73,99)(H,74,96)(H,75,97)(H,76,100)(H,81,82)(H,83,84)(H,85,86)(H,87,88)(H,89,90)(H,101,102)(H4,62,63,64)/t27-,28-,29-,30-,31-,32-,33-,34-,35-,36-,46-/m0/s1. The summed E-state index contributed by atoms with van der Waals surface area (Å²) >= 11 is 0. The van der Waals surface area contributed by atoms with E-state index in [0.717, 1.165) is 6.92 Å². The van der Waals surface area contributed by atoms with E-state index in [4.69, 9.17) is 28.7 Å². The van der Waals surface area contributed by atoms with E-state index in [9.17, 15) is 127 Å². The number of carboxylic acid groups (broad SMARTS) is 6. The fourth-order valence-electron chi connectivity index (χ4n) is 8.78. The van der Waals surface area contributed by atoms with E-state index in [2.05, 4.69) is 68.8 Å². The molecule has 0 aromatic heterocycles. The second-order valence-corrected chi connectivity index (χ2v) is 23.9. The molecule has 0 fully saturated rings. The normalized spacial score (nSPS) is 14.1. The number of hydrogen-bond acceptors (Lipinski definition) is 22. The predicted octanol–water partition coefficient (Wildman–Crippen LogP) is -9.28. The predicted molar refractivity (Wildman–Crippen MR) is 347 cm³/mol. The number of aliphatic carboxylic acids is 6. The Labute approximate surface area is 582 Å². The van der Waals surface area contributed by atoms with Crippen molar-refractivity contribution in [1.82, 2.24) is 63.8 Å². The molecule has 102 heavy (non-hydrogen) atoms. The van der Waals surface area contributed by atoms with Gasteiger partial charge in [0.2, 0.25) is 82.7 Å². The monoisotopic (exact) mass is 1460 g/mol. The highest BCUT2D eigenvalue weighted by molar-refractivity contribution is 6.00. The number of carbonyl (C=O) groups is 20. The van der Waals surface area contributed by atoms with E-state index in [1.54, 1.807) is 27.7 Å². The molecule has 0 unspecified atom stereocenters. The minimum atomic E-state index is -1.97. The zero-order valence-corrected chi connectivity index (χ0v) is 56.6. The molecule has 0 bridgehead atoms. The Hall–Kier alpha value is -11.4. The molecule has 14 amide bonds. The first kappa shape index (κ1) is 90.6. The molecule has 0 spiro atoms. The number of carboxylic acids is 6. The summed E-state index contributed by atoms with van der Waals surface area (Å²) in [4.78, 5) is 259. The molecular weight excluding hydrogens is 1360 g/mol. The molecule has 11 atom stereocenters. The summed E-state index contributed by atoms with van der Waals surface area (Å²) in [6.07, 6.45) is -10.1. The molecule has 0 rings (SSSR count). The Bertz CT molecular complexity index is 3070. The summed E-state index contributed by atoms with van der Waals surface area (Å²) in [6, 6.07) is -18.8. The average molecular weight is 1460 g/mol. The number of guanidine groups is 1. The lowest BCUT2D eigenvalue weighted by molar-refractivity contribution is -0.143. The molecule has 0 aliphatic carbocycles. The largest absolute Gasteiger partial charge is 0.481 e. The summed E-state index contributed by atoms with van der Waals surface area (Å²) in [5, 5.41) is 83.1. The first-order valence-corrected chi connectivity index (χ1v) is 31.7. The maximum Gasteiger partial charge on any atom is 0.326 e. The van der Waals surface area contributed by atoms with Crippen LogP contribution in [0.25, 0.3) is 0 Å². The van der Waals surface area contributed by atoms with E-state index in [0.29, 0.717) is 0 Å². The summed E-state index contributed by atoms with van der Waals surface area (Å²) < 4.78 is 0. The van der Waals surface area contributed by atoms with Crippen molar-refractivity contribution in [2.45, 2.75) is 204 Å². The SMILES string of the molecule is CC(C)C[C@H](NC(=O)[C@@H](N)C(C)C)C(=O)N[C@@H](CCC(=O)O)C(=O)N[C@@H](CCC(=O)O)C(=O)N[C@@H](CC(N)=O)C(=O)N[C@@H](C)C(=O)NCC(=O)NCC(=O)N[C@@H](CCC(=O)O)C(=O)N[C@@H](CCC(N)=O)C(=O)N[C@@H](CCC(=O)O)C(=O)N[C@@H](CCC(=O)O)C(=O)N[C@@H](CCCN=C(N)N)C(=O)O. The van der Waals surface area contributed by atoms with Gasteiger partial charge in [-0.05, 0) is 76.5 Å². The average Bonchev–Trinajstić information content (AvgIpc) is 0.865. The van der Waals surface area contributed by atoms with Crippen LogP contribution in [0.5, 0.6) is 0 Å². The lowest BCUT2D eigenvalue weighted by atomic mass is 9.99. The number of primary amides is 2. The first-order chi connectivity index (χ1) is 47.4. The Morgan fingerprint density at radius 2 is 0.667 bits per heavy atom. The minimum Gasteiger partial charge on any atom is -0.481 e. The van der Waals surface area contributed by atoms with Gasteiger partial charge in [-0.1, -0.05) is 27.7 Å². The molecule has 44 nitrogen and oxygen atoms in total. The molecule has 0 aliphatic rings. The highest BCUT2D eigenvalue weighted by atomic mass is 16.4. The second kappa shape index (κ2) is 46.8. The lowest BCUT2D eigenvalue weighted by Crippen LogP contribution is -2.60. The number of rotatable bonds is 52. The van der Waals surface area contributed by atoms with Crippen molar-refractivity contribution in [3.63, 3.8) is 0 Å². The zero-order chi connectivity index (χ0) is 78.3. The van der Waals surface area contributed by atoms with Crippen LogP contribution >= 0.6 is 0 Å². The van der Waals surface area contributed by atoms with Crippen molar-refractivity contribution >= 4 is 124 Å². The van der Waals surface area contributed by atoms with Gasteiger partial charge in [0, 0.05) is 45.1 Å². The van der Waals surface area contributed by atoms with Crippen LogP contribution in [0.2, 0.25) is 0 Å². The number of nitrogens with two attached hydrogens (primary N) is 5. The van der Waals surface area contributed by atoms with Crippen LogP contribution in [-0.4, -0.2) is 241 Å². The number of amides is 14. The van der Waals surface area contributed by atoms with Gasteiger partial charge in [-0.3, -0.25) is 96.1 Å². The fourth-order valence-corrected chi connectivity index (χ4v) is 8.78. The third-order valence-corrected chi connectivity index (χ3v) is 14.3. The maximum absolute atomic E-state index is 13.9. The maximum atomic E-state index is 13.9. The molecule has 572 valence electrons. The Morgan fingerprint density at radius 3 is 1.00 bits per heavy atom. The van der Waals surface area contributed by atoms with Crippen LogP contribution in [0.3, 0.4) is 0 Å². The van der Waals surface area contributed by atoms with E-state index in [-0.39, 0.29) is 43.6 Å². The molecule has 44 heteroatoms. The van der Waals surface area contributed by atoms with Crippen molar-refractivity contribution in [2.75, 3.05) is 19.6 Å². The second-order valence-electron chi connectivity index (χ2n) is 23.9. The third kappa shape index (κ3) is 39.3. The summed E-state index contributed by atoms with van der Waals surface area (Å²) in [5.74, 6) is -26.5. The van der Waals surface area contributed by atoms with Crippen molar-refractivity contribution in [3.05, 3.63) is 0 Å². The molecule has 0 aromatic carbocycles. The van der Waals surface area contributed by atoms with Crippen molar-refractivity contribution in [1.29, 1.82) is 0 Å². The lowest BCUT2D eigenvalue weighted by Gasteiger charge is -2.27. The van der Waals surface area contributed by atoms with Crippen LogP contribution in [0.4, 0.5) is 0 Å². The smallest absolute Gasteiger partial charge is 0.326 e. The molecule has 0 aliphatic heterocycles. The molecule has 0 saturated heterocycles. The quantitative estimate of drug-likeness (QED) is 0.0153. The van der Waals surface area contributed by atoms with E-state index in [1.165, 1.54) is 0 Å². The van der Waals surface area contributed by atoms with Gasteiger partial charge in [-0.2, -0.15) is 0 Å². The van der Waals surface area contributed by atoms with Crippen LogP contribution in [0.15, 0.2) is 4.99 Å². The Kier molecular flexibility index (Phi) is 41.6. The van der Waals surface area contributed by atoms with Gasteiger partial charge >= 0.3 is 35.8 Å². The number of aliphatic imine (C=N–C) groups is 1. The van der Waals surface area contributed by atoms with Crippen LogP contribution < -0.4 is 92.5 Å². The minimum absolute atomic E-state index is 0.0129. The van der Waals surface area contributed by atoms with E-state index in [1.807, 2.05) is 0 Å². The van der Waals surface area contributed by atoms with Crippen molar-refractivity contribution in [2.24, 2.45) is 45.5 Å². The number of nitrogens with zero attached hydrogens (tertiary/aromatic N) is 1. The molecule has 0 aromatic rings. The van der Waals surface area contributed by atoms with Crippen LogP contribution in [-0.2, 0) is 95.9 Å². The van der Waals surface area contributed by atoms with E-state index < -0.39 is 282 Å². The Morgan fingerprint density at radius 1 is 0.343 bits per heavy atom. The van der Waals surface area contributed by atoms with Gasteiger partial charge in [0.15, 0.2) is 5.96 Å². The molecule has 28 N–H and O–H groups in total. The van der Waals surface area contributed by atoms with Crippen molar-refractivity contribution in [3.8, 4) is 0 Å². The van der Waals surface area contributed by atoms with Gasteiger partial charge in [-0.25, -0.2) is 4.79 Å². The van der Waals surface area contributed by atoms with Crippen LogP contribution in [0, 0.1) is 11.8 Å². The molecule has 0 saturated carbocycles. The number of nitrogens with one attached hydrogen (secondary N) is 12. The summed E-state index contributed by atoms with van der Waals surface area (Å²) in [5.41, 5.74) is 27.1. The number of carbonyl (C=O) groups excluding carboxylic acids is 14. The zero-order valence-electron chi connectivity index (χ0n) is 56.6. The van der Waals surface area contributed by atoms with E-state index >= 15 is 0 Å². The van der Waals surface area contributed by atoms with Gasteiger partial charge in [-0.15, -0.1) is 0 Å². The Balaban J connectivity index is 6.43. The number of hydrogen-bond donors (Lipinski definition) is 23. The van der Waals surface area contributed by atoms with Crippen molar-refractivity contribution < 1.29 is 127 Å². The van der Waals surface area contributed by atoms with Gasteiger partial charge in [0.25, 0.3) is 0 Å². The molecule has 0 radical (unpaired) electrons. The fraction of sp³-hybridized carbons (Fsp3) is 0.638. The summed E-state index contributed by atoms with van der Waals surface area (Å²) in [6.45, 7) is 5.72. The third-order valence-electron chi connectivity index (χ3n) is 14.3. The first-order valence-electron chi connectivity index (χ1n) is 31.7. The summed E-state index contributed by atoms with van der Waals surface area (Å²) in [7, 11) is 0. The topological polar surface area (TPSA) is 750 Å².